The predicted molar refractivity (Wildman–Crippen MR) is 47.5 cm³/mol. The SMILES string of the molecule is O=c1[nH]c2c(c(=O)[nH]1)C=NN=CC2. The van der Waals surface area contributed by atoms with E-state index in [0.717, 1.165) is 0 Å². The van der Waals surface area contributed by atoms with E-state index in [1.807, 2.05) is 0 Å². The zero-order chi connectivity index (χ0) is 9.26. The van der Waals surface area contributed by atoms with E-state index in [0.29, 0.717) is 17.7 Å². The molecule has 0 saturated carbocycles. The Balaban J connectivity index is 2.76. The Bertz CT molecular complexity index is 494. The third kappa shape index (κ3) is 1.33. The molecule has 2 N–H and O–H groups in total. The summed E-state index contributed by atoms with van der Waals surface area (Å²) >= 11 is 0. The molecule has 0 unspecified atom stereocenters. The molecular formula is C7H6N4O2. The molecule has 6 nitrogen and oxygen atoms in total. The topological polar surface area (TPSA) is 90.4 Å². The van der Waals surface area contributed by atoms with Crippen molar-refractivity contribution in [2.24, 2.45) is 10.2 Å². The Kier molecular flexibility index (Phi) is 1.66. The van der Waals surface area contributed by atoms with Gasteiger partial charge in [0, 0.05) is 18.3 Å². The van der Waals surface area contributed by atoms with Crippen molar-refractivity contribution in [2.75, 3.05) is 0 Å². The van der Waals surface area contributed by atoms with Crippen LogP contribution in [0.15, 0.2) is 19.8 Å². The molecule has 1 aromatic heterocycles. The minimum Gasteiger partial charge on any atom is -0.310 e. The van der Waals surface area contributed by atoms with E-state index in [1.54, 1.807) is 0 Å². The lowest BCUT2D eigenvalue weighted by Gasteiger charge is -1.97. The Hall–Kier alpha value is -1.98. The smallest absolute Gasteiger partial charge is 0.310 e. The lowest BCUT2D eigenvalue weighted by atomic mass is 10.2. The van der Waals surface area contributed by atoms with Crippen molar-refractivity contribution in [2.45, 2.75) is 6.42 Å². The Morgan fingerprint density at radius 1 is 1.23 bits per heavy atom. The maximum atomic E-state index is 11.2. The highest BCUT2D eigenvalue weighted by Crippen LogP contribution is 1.97. The van der Waals surface area contributed by atoms with Gasteiger partial charge >= 0.3 is 5.69 Å². The molecule has 0 aliphatic carbocycles. The van der Waals surface area contributed by atoms with Crippen LogP contribution in [-0.2, 0) is 6.42 Å². The molecule has 0 bridgehead atoms. The van der Waals surface area contributed by atoms with Crippen molar-refractivity contribution in [3.8, 4) is 0 Å². The van der Waals surface area contributed by atoms with Crippen molar-refractivity contribution >= 4 is 12.4 Å². The van der Waals surface area contributed by atoms with Gasteiger partial charge in [-0.1, -0.05) is 0 Å². The third-order valence-corrected chi connectivity index (χ3v) is 1.69. The number of hydrogen-bond acceptors (Lipinski definition) is 4. The van der Waals surface area contributed by atoms with Gasteiger partial charge in [0.1, 0.15) is 0 Å². The molecule has 0 amide bonds. The van der Waals surface area contributed by atoms with Crippen molar-refractivity contribution in [1.82, 2.24) is 9.97 Å². The average molecular weight is 178 g/mol. The first-order valence-corrected chi connectivity index (χ1v) is 3.68. The zero-order valence-electron chi connectivity index (χ0n) is 6.57. The van der Waals surface area contributed by atoms with Gasteiger partial charge in [0.15, 0.2) is 0 Å². The number of nitrogens with zero attached hydrogens (tertiary/aromatic N) is 2. The molecule has 2 rings (SSSR count). The summed E-state index contributed by atoms with van der Waals surface area (Å²) < 4.78 is 0. The molecule has 13 heavy (non-hydrogen) atoms. The molecule has 1 aliphatic heterocycles. The maximum absolute atomic E-state index is 11.2. The molecule has 6 heteroatoms. The van der Waals surface area contributed by atoms with Gasteiger partial charge in [-0.3, -0.25) is 9.78 Å². The summed E-state index contributed by atoms with van der Waals surface area (Å²) in [6, 6.07) is 0. The third-order valence-electron chi connectivity index (χ3n) is 1.69. The highest BCUT2D eigenvalue weighted by molar-refractivity contribution is 5.83. The van der Waals surface area contributed by atoms with Gasteiger partial charge in [0.25, 0.3) is 5.56 Å². The number of hydrogen-bond donors (Lipinski definition) is 2. The van der Waals surface area contributed by atoms with E-state index in [1.165, 1.54) is 12.4 Å². The van der Waals surface area contributed by atoms with Crippen LogP contribution in [0.4, 0.5) is 0 Å². The first kappa shape index (κ1) is 7.66. The second-order valence-corrected chi connectivity index (χ2v) is 2.55. The maximum Gasteiger partial charge on any atom is 0.325 e. The monoisotopic (exact) mass is 178 g/mol. The minimum absolute atomic E-state index is 0.358. The van der Waals surface area contributed by atoms with E-state index >= 15 is 0 Å². The first-order chi connectivity index (χ1) is 6.27. The highest BCUT2D eigenvalue weighted by atomic mass is 16.2. The Morgan fingerprint density at radius 3 is 2.92 bits per heavy atom. The fourth-order valence-electron chi connectivity index (χ4n) is 1.11. The van der Waals surface area contributed by atoms with Crippen LogP contribution in [0.25, 0.3) is 0 Å². The fourth-order valence-corrected chi connectivity index (χ4v) is 1.11. The van der Waals surface area contributed by atoms with Crippen LogP contribution < -0.4 is 11.2 Å². The average Bonchev–Trinajstić information content (AvgIpc) is 2.28. The van der Waals surface area contributed by atoms with E-state index < -0.39 is 11.2 Å². The van der Waals surface area contributed by atoms with Gasteiger partial charge in [-0.05, 0) is 0 Å². The summed E-state index contributed by atoms with van der Waals surface area (Å²) in [4.78, 5) is 26.7. The van der Waals surface area contributed by atoms with Crippen LogP contribution in [0, 0.1) is 0 Å². The summed E-state index contributed by atoms with van der Waals surface area (Å²) in [5, 5.41) is 7.23. The van der Waals surface area contributed by atoms with Gasteiger partial charge in [0.2, 0.25) is 0 Å². The molecule has 1 aromatic rings. The van der Waals surface area contributed by atoms with E-state index in [4.69, 9.17) is 0 Å². The second-order valence-electron chi connectivity index (χ2n) is 2.55. The molecule has 0 fully saturated rings. The summed E-state index contributed by atoms with van der Waals surface area (Å²) in [7, 11) is 0. The van der Waals surface area contributed by atoms with Crippen molar-refractivity contribution < 1.29 is 0 Å². The summed E-state index contributed by atoms with van der Waals surface area (Å²) in [6.45, 7) is 0. The van der Waals surface area contributed by atoms with Gasteiger partial charge in [-0.15, -0.1) is 0 Å². The molecule has 2 heterocycles. The van der Waals surface area contributed by atoms with E-state index in [2.05, 4.69) is 20.2 Å². The van der Waals surface area contributed by atoms with Crippen LogP contribution in [-0.4, -0.2) is 22.4 Å². The molecule has 0 atom stereocenters. The molecule has 0 radical (unpaired) electrons. The van der Waals surface area contributed by atoms with Crippen molar-refractivity contribution in [3.63, 3.8) is 0 Å². The molecule has 66 valence electrons. The van der Waals surface area contributed by atoms with Crippen LogP contribution in [0.3, 0.4) is 0 Å². The first-order valence-electron chi connectivity index (χ1n) is 3.68. The van der Waals surface area contributed by atoms with E-state index in [9.17, 15) is 9.59 Å². The lowest BCUT2D eigenvalue weighted by molar-refractivity contribution is 0.975. The fraction of sp³-hybridized carbons (Fsp3) is 0.143. The molecule has 0 aromatic carbocycles. The van der Waals surface area contributed by atoms with Crippen LogP contribution >= 0.6 is 0 Å². The molecule has 0 spiro atoms. The molecule has 1 aliphatic rings. The normalized spacial score (nSPS) is 13.8. The second kappa shape index (κ2) is 2.81. The number of fused-ring (bicyclic) bond motifs is 1. The number of aromatic nitrogens is 2. The van der Waals surface area contributed by atoms with Gasteiger partial charge in [-0.2, -0.15) is 10.2 Å². The van der Waals surface area contributed by atoms with Crippen molar-refractivity contribution in [3.05, 3.63) is 32.1 Å². The Morgan fingerprint density at radius 2 is 2.08 bits per heavy atom. The number of H-pyrrole nitrogens is 2. The number of nitrogens with one attached hydrogen (secondary N) is 2. The van der Waals surface area contributed by atoms with Crippen LogP contribution in [0.2, 0.25) is 0 Å². The Labute approximate surface area is 72.0 Å². The lowest BCUT2D eigenvalue weighted by Crippen LogP contribution is -2.27. The number of aromatic amines is 2. The highest BCUT2D eigenvalue weighted by Gasteiger charge is 2.07. The number of rotatable bonds is 0. The summed E-state index contributed by atoms with van der Waals surface area (Å²) in [5.41, 5.74) is -0.0451. The van der Waals surface area contributed by atoms with Crippen LogP contribution in [0.5, 0.6) is 0 Å². The van der Waals surface area contributed by atoms with Crippen LogP contribution in [0.1, 0.15) is 11.3 Å². The van der Waals surface area contributed by atoms with E-state index in [-0.39, 0.29) is 0 Å². The standard InChI is InChI=1S/C7H6N4O2/c12-6-4-3-9-8-2-1-5(4)10-7(13)11-6/h2-3H,1H2,(H2,10,11,12,13). The quantitative estimate of drug-likeness (QED) is 0.534. The molecular weight excluding hydrogens is 172 g/mol. The predicted octanol–water partition coefficient (Wildman–Crippen LogP) is -0.976. The largest absolute Gasteiger partial charge is 0.325 e. The summed E-state index contributed by atoms with van der Waals surface area (Å²) in [6.07, 6.45) is 3.26. The van der Waals surface area contributed by atoms with Gasteiger partial charge in [-0.25, -0.2) is 4.79 Å². The summed E-state index contributed by atoms with van der Waals surface area (Å²) in [5.74, 6) is 0. The van der Waals surface area contributed by atoms with Gasteiger partial charge in [0.05, 0.1) is 11.8 Å². The zero-order valence-corrected chi connectivity index (χ0v) is 6.57. The van der Waals surface area contributed by atoms with Gasteiger partial charge < -0.3 is 4.98 Å². The van der Waals surface area contributed by atoms with Crippen molar-refractivity contribution in [1.29, 1.82) is 0 Å². The molecule has 0 saturated heterocycles. The minimum atomic E-state index is -0.507.